The van der Waals surface area contributed by atoms with E-state index in [9.17, 15) is 14.0 Å². The van der Waals surface area contributed by atoms with Gasteiger partial charge in [-0.1, -0.05) is 12.1 Å². The van der Waals surface area contributed by atoms with Crippen LogP contribution in [0.5, 0.6) is 0 Å². The fourth-order valence-electron chi connectivity index (χ4n) is 2.25. The zero-order valence-electron chi connectivity index (χ0n) is 14.3. The van der Waals surface area contributed by atoms with E-state index in [-0.39, 0.29) is 22.9 Å². The molecule has 136 valence electrons. The van der Waals surface area contributed by atoms with Gasteiger partial charge in [-0.05, 0) is 36.4 Å². The van der Waals surface area contributed by atoms with Crippen molar-refractivity contribution in [3.8, 4) is 0 Å². The monoisotopic (exact) mass is 366 g/mol. The molecule has 1 heterocycles. The number of halogens is 1. The summed E-state index contributed by atoms with van der Waals surface area (Å²) in [6, 6.07) is 12.2. The van der Waals surface area contributed by atoms with Crippen LogP contribution in [-0.4, -0.2) is 29.0 Å². The number of hydrogen-bond acceptors (Lipinski definition) is 6. The predicted octanol–water partition coefficient (Wildman–Crippen LogP) is 3.40. The molecule has 8 heteroatoms. The summed E-state index contributed by atoms with van der Waals surface area (Å²) < 4.78 is 17.6. The summed E-state index contributed by atoms with van der Waals surface area (Å²) in [5.74, 6) is -1.12. The van der Waals surface area contributed by atoms with Gasteiger partial charge < -0.3 is 15.4 Å². The largest absolute Gasteiger partial charge is 0.465 e. The summed E-state index contributed by atoms with van der Waals surface area (Å²) >= 11 is 0. The van der Waals surface area contributed by atoms with E-state index < -0.39 is 11.9 Å². The first-order chi connectivity index (χ1) is 13.1. The second-order valence-corrected chi connectivity index (χ2v) is 5.42. The Morgan fingerprint density at radius 2 is 1.67 bits per heavy atom. The summed E-state index contributed by atoms with van der Waals surface area (Å²) in [7, 11) is 1.27. The molecule has 0 spiro atoms. The number of benzene rings is 2. The SMILES string of the molecule is COC(=O)c1ccccc1NC(=O)c1cnc(Nc2ccc(F)cc2)nc1. The number of carbonyl (C=O) groups is 2. The lowest BCUT2D eigenvalue weighted by Crippen LogP contribution is -2.16. The Morgan fingerprint density at radius 3 is 2.33 bits per heavy atom. The van der Waals surface area contributed by atoms with Crippen molar-refractivity contribution >= 4 is 29.2 Å². The topological polar surface area (TPSA) is 93.2 Å². The van der Waals surface area contributed by atoms with Gasteiger partial charge in [0.05, 0.1) is 23.9 Å². The summed E-state index contributed by atoms with van der Waals surface area (Å²) in [5, 5.41) is 5.53. The second kappa shape index (κ2) is 8.05. The van der Waals surface area contributed by atoms with Crippen LogP contribution in [0.2, 0.25) is 0 Å². The highest BCUT2D eigenvalue weighted by Gasteiger charge is 2.14. The van der Waals surface area contributed by atoms with Gasteiger partial charge in [0.1, 0.15) is 5.82 Å². The number of rotatable bonds is 5. The summed E-state index contributed by atoms with van der Waals surface area (Å²) in [5.41, 5.74) is 1.38. The van der Waals surface area contributed by atoms with E-state index >= 15 is 0 Å². The fourth-order valence-corrected chi connectivity index (χ4v) is 2.25. The molecule has 0 saturated heterocycles. The van der Waals surface area contributed by atoms with Crippen molar-refractivity contribution in [2.45, 2.75) is 0 Å². The van der Waals surface area contributed by atoms with Crippen molar-refractivity contribution in [1.82, 2.24) is 9.97 Å². The van der Waals surface area contributed by atoms with Crippen LogP contribution in [0.15, 0.2) is 60.9 Å². The minimum Gasteiger partial charge on any atom is -0.465 e. The number of anilines is 3. The molecule has 3 rings (SSSR count). The predicted molar refractivity (Wildman–Crippen MR) is 97.4 cm³/mol. The number of carbonyl (C=O) groups excluding carboxylic acids is 2. The molecule has 0 radical (unpaired) electrons. The molecule has 2 N–H and O–H groups in total. The van der Waals surface area contributed by atoms with Crippen molar-refractivity contribution in [3.05, 3.63) is 77.9 Å². The van der Waals surface area contributed by atoms with Crippen molar-refractivity contribution < 1.29 is 18.7 Å². The number of esters is 1. The molecule has 0 saturated carbocycles. The third kappa shape index (κ3) is 4.43. The highest BCUT2D eigenvalue weighted by molar-refractivity contribution is 6.07. The first-order valence-corrected chi connectivity index (χ1v) is 7.90. The Balaban J connectivity index is 1.71. The number of methoxy groups -OCH3 is 1. The molecule has 0 aliphatic carbocycles. The second-order valence-electron chi connectivity index (χ2n) is 5.42. The standard InChI is InChI=1S/C19H15FN4O3/c1-27-18(26)15-4-2-3-5-16(15)24-17(25)12-10-21-19(22-11-12)23-14-8-6-13(20)7-9-14/h2-11H,1H3,(H,24,25)(H,21,22,23). The van der Waals surface area contributed by atoms with Gasteiger partial charge in [0, 0.05) is 18.1 Å². The van der Waals surface area contributed by atoms with E-state index in [0.717, 1.165) is 0 Å². The van der Waals surface area contributed by atoms with Gasteiger partial charge in [0.2, 0.25) is 5.95 Å². The molecule has 0 atom stereocenters. The summed E-state index contributed by atoms with van der Waals surface area (Å²) in [6.07, 6.45) is 2.68. The number of ether oxygens (including phenoxy) is 1. The average molecular weight is 366 g/mol. The molecule has 0 unspecified atom stereocenters. The van der Waals surface area contributed by atoms with Crippen molar-refractivity contribution in [3.63, 3.8) is 0 Å². The van der Waals surface area contributed by atoms with E-state index in [0.29, 0.717) is 11.4 Å². The normalized spacial score (nSPS) is 10.1. The molecule has 0 aliphatic rings. The smallest absolute Gasteiger partial charge is 0.339 e. The fraction of sp³-hybridized carbons (Fsp3) is 0.0526. The Morgan fingerprint density at radius 1 is 1.00 bits per heavy atom. The minimum absolute atomic E-state index is 0.208. The van der Waals surface area contributed by atoms with Crippen LogP contribution in [0.4, 0.5) is 21.7 Å². The Kier molecular flexibility index (Phi) is 5.36. The van der Waals surface area contributed by atoms with Crippen molar-refractivity contribution in [2.24, 2.45) is 0 Å². The molecule has 0 aliphatic heterocycles. The number of hydrogen-bond donors (Lipinski definition) is 2. The molecule has 2 aromatic carbocycles. The Hall–Kier alpha value is -3.81. The average Bonchev–Trinajstić information content (AvgIpc) is 2.70. The van der Waals surface area contributed by atoms with Crippen LogP contribution in [0.1, 0.15) is 20.7 Å². The third-order valence-corrected chi connectivity index (χ3v) is 3.59. The summed E-state index contributed by atoms with van der Waals surface area (Å²) in [4.78, 5) is 32.3. The maximum atomic E-state index is 12.9. The van der Waals surface area contributed by atoms with E-state index in [1.165, 1.54) is 31.6 Å². The van der Waals surface area contributed by atoms with Crippen LogP contribution < -0.4 is 10.6 Å². The van der Waals surface area contributed by atoms with E-state index in [4.69, 9.17) is 4.74 Å². The molecule has 3 aromatic rings. The van der Waals surface area contributed by atoms with E-state index in [2.05, 4.69) is 20.6 Å². The molecule has 1 amide bonds. The Bertz CT molecular complexity index is 959. The molecular formula is C19H15FN4O3. The van der Waals surface area contributed by atoms with Crippen LogP contribution in [0.3, 0.4) is 0 Å². The minimum atomic E-state index is -0.555. The first-order valence-electron chi connectivity index (χ1n) is 7.90. The van der Waals surface area contributed by atoms with Gasteiger partial charge in [0.15, 0.2) is 0 Å². The molecule has 0 bridgehead atoms. The van der Waals surface area contributed by atoms with Gasteiger partial charge in [-0.15, -0.1) is 0 Å². The highest BCUT2D eigenvalue weighted by Crippen LogP contribution is 2.17. The lowest BCUT2D eigenvalue weighted by Gasteiger charge is -2.10. The van der Waals surface area contributed by atoms with E-state index in [1.54, 1.807) is 36.4 Å². The Labute approximate surface area is 154 Å². The van der Waals surface area contributed by atoms with Gasteiger partial charge in [-0.25, -0.2) is 19.2 Å². The van der Waals surface area contributed by atoms with Gasteiger partial charge >= 0.3 is 5.97 Å². The number of nitrogens with one attached hydrogen (secondary N) is 2. The van der Waals surface area contributed by atoms with Gasteiger partial charge in [-0.2, -0.15) is 0 Å². The number of amides is 1. The lowest BCUT2D eigenvalue weighted by molar-refractivity contribution is 0.0602. The number of nitrogens with zero attached hydrogens (tertiary/aromatic N) is 2. The molecule has 27 heavy (non-hydrogen) atoms. The summed E-state index contributed by atoms with van der Waals surface area (Å²) in [6.45, 7) is 0. The highest BCUT2D eigenvalue weighted by atomic mass is 19.1. The van der Waals surface area contributed by atoms with Crippen LogP contribution >= 0.6 is 0 Å². The quantitative estimate of drug-likeness (QED) is 0.672. The van der Waals surface area contributed by atoms with Gasteiger partial charge in [-0.3, -0.25) is 4.79 Å². The third-order valence-electron chi connectivity index (χ3n) is 3.59. The molecular weight excluding hydrogens is 351 g/mol. The maximum Gasteiger partial charge on any atom is 0.339 e. The number of aromatic nitrogens is 2. The molecule has 7 nitrogen and oxygen atoms in total. The first kappa shape index (κ1) is 18.0. The molecule has 0 fully saturated rings. The van der Waals surface area contributed by atoms with Crippen LogP contribution in [0.25, 0.3) is 0 Å². The lowest BCUT2D eigenvalue weighted by atomic mass is 10.1. The molecule has 1 aromatic heterocycles. The zero-order valence-corrected chi connectivity index (χ0v) is 14.3. The maximum absolute atomic E-state index is 12.9. The van der Waals surface area contributed by atoms with Crippen molar-refractivity contribution in [2.75, 3.05) is 17.7 Å². The van der Waals surface area contributed by atoms with E-state index in [1.807, 2.05) is 0 Å². The van der Waals surface area contributed by atoms with Gasteiger partial charge in [0.25, 0.3) is 5.91 Å². The van der Waals surface area contributed by atoms with Crippen molar-refractivity contribution in [1.29, 1.82) is 0 Å². The van der Waals surface area contributed by atoms with Crippen LogP contribution in [-0.2, 0) is 4.74 Å². The van der Waals surface area contributed by atoms with Crippen LogP contribution in [0, 0.1) is 5.82 Å². The zero-order chi connectivity index (χ0) is 19.2. The number of para-hydroxylation sites is 1.